The van der Waals surface area contributed by atoms with Crippen LogP contribution in [0.5, 0.6) is 0 Å². The van der Waals surface area contributed by atoms with Crippen molar-refractivity contribution in [2.24, 2.45) is 11.5 Å². The zero-order valence-electron chi connectivity index (χ0n) is 19.0. The molecule has 6 N–H and O–H groups in total. The van der Waals surface area contributed by atoms with E-state index < -0.39 is 29.4 Å². The standard InChI is InChI=1S/C24H22F2N6O3S/c1-12(11-33)13-7-16(25)21(17(26)8-13)19-9-15(22(27)34)24(36-19)31-20-4-2-3-14(30-20)10-32-18(23(28)35)5-6-29-32/h2-9,12,33H,10-11H2,1H3,(H2,27,34)(H2,28,35)(H,30,31). The van der Waals surface area contributed by atoms with Crippen molar-refractivity contribution in [3.63, 3.8) is 0 Å². The fourth-order valence-electron chi connectivity index (χ4n) is 3.58. The molecule has 0 aliphatic heterocycles. The van der Waals surface area contributed by atoms with Gasteiger partial charge in [0.15, 0.2) is 0 Å². The molecule has 3 aromatic heterocycles. The molecule has 1 aromatic carbocycles. The maximum absolute atomic E-state index is 14.9. The molecule has 4 rings (SSSR count). The van der Waals surface area contributed by atoms with Crippen LogP contribution in [0.2, 0.25) is 0 Å². The first-order chi connectivity index (χ1) is 17.2. The summed E-state index contributed by atoms with van der Waals surface area (Å²) in [6.45, 7) is 1.55. The molecule has 0 saturated heterocycles. The summed E-state index contributed by atoms with van der Waals surface area (Å²) in [7, 11) is 0. The van der Waals surface area contributed by atoms with E-state index in [1.165, 1.54) is 23.0 Å². The molecular weight excluding hydrogens is 490 g/mol. The van der Waals surface area contributed by atoms with E-state index in [2.05, 4.69) is 15.4 Å². The number of hydrogen-bond donors (Lipinski definition) is 4. The van der Waals surface area contributed by atoms with Crippen LogP contribution in [0.3, 0.4) is 0 Å². The summed E-state index contributed by atoms with van der Waals surface area (Å²) in [5.41, 5.74) is 11.7. The SMILES string of the molecule is CC(CO)c1cc(F)c(-c2cc(C(N)=O)c(Nc3cccc(Cn4nccc4C(N)=O)n3)s2)c(F)c1. The normalized spacial score (nSPS) is 11.9. The Hall–Kier alpha value is -4.16. The number of nitrogens with one attached hydrogen (secondary N) is 1. The molecule has 0 bridgehead atoms. The molecule has 1 atom stereocenters. The summed E-state index contributed by atoms with van der Waals surface area (Å²) in [6, 6.07) is 10.2. The fraction of sp³-hybridized carbons (Fsp3) is 0.167. The number of pyridine rings is 1. The van der Waals surface area contributed by atoms with Gasteiger partial charge in [-0.15, -0.1) is 11.3 Å². The molecule has 36 heavy (non-hydrogen) atoms. The number of anilines is 2. The molecule has 0 saturated carbocycles. The van der Waals surface area contributed by atoms with Crippen LogP contribution in [0.4, 0.5) is 19.6 Å². The number of carbonyl (C=O) groups is 2. The van der Waals surface area contributed by atoms with Gasteiger partial charge in [0.05, 0.1) is 23.4 Å². The average Bonchev–Trinajstić information content (AvgIpc) is 3.45. The second-order valence-electron chi connectivity index (χ2n) is 8.04. The predicted octanol–water partition coefficient (Wildman–Crippen LogP) is 3.37. The third-order valence-corrected chi connectivity index (χ3v) is 6.55. The highest BCUT2D eigenvalue weighted by Gasteiger charge is 2.22. The minimum absolute atomic E-state index is 0.0388. The highest BCUT2D eigenvalue weighted by atomic mass is 32.1. The van der Waals surface area contributed by atoms with Crippen molar-refractivity contribution in [3.8, 4) is 10.4 Å². The number of primary amides is 2. The highest BCUT2D eigenvalue weighted by molar-refractivity contribution is 7.20. The average molecular weight is 513 g/mol. The second-order valence-corrected chi connectivity index (χ2v) is 9.09. The first-order valence-corrected chi connectivity index (χ1v) is 11.6. The van der Waals surface area contributed by atoms with Crippen molar-refractivity contribution in [1.82, 2.24) is 14.8 Å². The van der Waals surface area contributed by atoms with Crippen molar-refractivity contribution in [2.45, 2.75) is 19.4 Å². The molecule has 2 amide bonds. The smallest absolute Gasteiger partial charge is 0.266 e. The van der Waals surface area contributed by atoms with Crippen molar-refractivity contribution in [2.75, 3.05) is 11.9 Å². The summed E-state index contributed by atoms with van der Waals surface area (Å²) in [5, 5.41) is 16.6. The van der Waals surface area contributed by atoms with E-state index in [0.29, 0.717) is 17.1 Å². The molecule has 0 fully saturated rings. The van der Waals surface area contributed by atoms with Crippen LogP contribution in [0.15, 0.2) is 48.7 Å². The van der Waals surface area contributed by atoms with Gasteiger partial charge in [0, 0.05) is 23.6 Å². The van der Waals surface area contributed by atoms with Crippen molar-refractivity contribution in [1.29, 1.82) is 0 Å². The number of thiophene rings is 1. The Morgan fingerprint density at radius 2 is 1.86 bits per heavy atom. The van der Waals surface area contributed by atoms with Crippen LogP contribution in [0, 0.1) is 11.6 Å². The van der Waals surface area contributed by atoms with Gasteiger partial charge in [0.2, 0.25) is 0 Å². The lowest BCUT2D eigenvalue weighted by Crippen LogP contribution is -2.18. The topological polar surface area (TPSA) is 149 Å². The Morgan fingerprint density at radius 1 is 1.14 bits per heavy atom. The predicted molar refractivity (Wildman–Crippen MR) is 131 cm³/mol. The lowest BCUT2D eigenvalue weighted by atomic mass is 9.99. The molecule has 0 aliphatic carbocycles. The van der Waals surface area contributed by atoms with Crippen LogP contribution in [0.25, 0.3) is 10.4 Å². The quantitative estimate of drug-likeness (QED) is 0.270. The van der Waals surface area contributed by atoms with Crippen LogP contribution in [-0.4, -0.2) is 38.3 Å². The largest absolute Gasteiger partial charge is 0.396 e. The van der Waals surface area contributed by atoms with Crippen molar-refractivity contribution >= 4 is 34.0 Å². The van der Waals surface area contributed by atoms with Gasteiger partial charge < -0.3 is 21.9 Å². The van der Waals surface area contributed by atoms with Crippen LogP contribution < -0.4 is 16.8 Å². The number of halogens is 2. The molecular formula is C24H22F2N6O3S. The molecule has 0 spiro atoms. The van der Waals surface area contributed by atoms with Gasteiger partial charge in [-0.05, 0) is 42.0 Å². The van der Waals surface area contributed by atoms with E-state index in [4.69, 9.17) is 11.5 Å². The molecule has 3 heterocycles. The lowest BCUT2D eigenvalue weighted by Gasteiger charge is -2.11. The zero-order valence-corrected chi connectivity index (χ0v) is 19.9. The summed E-state index contributed by atoms with van der Waals surface area (Å²) in [5.74, 6) is -3.16. The number of aliphatic hydroxyl groups excluding tert-OH is 1. The van der Waals surface area contributed by atoms with E-state index in [0.717, 1.165) is 23.5 Å². The van der Waals surface area contributed by atoms with E-state index in [-0.39, 0.29) is 39.9 Å². The number of carbonyl (C=O) groups excluding carboxylic acids is 2. The van der Waals surface area contributed by atoms with Crippen molar-refractivity contribution in [3.05, 3.63) is 82.8 Å². The maximum atomic E-state index is 14.9. The monoisotopic (exact) mass is 512 g/mol. The Labute approximate surface area is 208 Å². The molecule has 12 heteroatoms. The first-order valence-electron chi connectivity index (χ1n) is 10.8. The summed E-state index contributed by atoms with van der Waals surface area (Å²) >= 11 is 0.942. The summed E-state index contributed by atoms with van der Waals surface area (Å²) < 4.78 is 31.2. The highest BCUT2D eigenvalue weighted by Crippen LogP contribution is 2.39. The molecule has 1 unspecified atom stereocenters. The van der Waals surface area contributed by atoms with Gasteiger partial charge in [-0.3, -0.25) is 14.3 Å². The van der Waals surface area contributed by atoms with Gasteiger partial charge in [0.1, 0.15) is 28.1 Å². The number of benzene rings is 1. The van der Waals surface area contributed by atoms with E-state index in [1.54, 1.807) is 25.1 Å². The Morgan fingerprint density at radius 3 is 2.50 bits per heavy atom. The molecule has 9 nitrogen and oxygen atoms in total. The van der Waals surface area contributed by atoms with Gasteiger partial charge in [-0.1, -0.05) is 13.0 Å². The van der Waals surface area contributed by atoms with Crippen molar-refractivity contribution < 1.29 is 23.5 Å². The third-order valence-electron chi connectivity index (χ3n) is 5.48. The van der Waals surface area contributed by atoms with Gasteiger partial charge in [-0.2, -0.15) is 5.10 Å². The number of aromatic nitrogens is 3. The number of nitrogens with zero attached hydrogens (tertiary/aromatic N) is 3. The molecule has 4 aromatic rings. The second kappa shape index (κ2) is 10.2. The zero-order chi connectivity index (χ0) is 26.0. The minimum Gasteiger partial charge on any atom is -0.396 e. The lowest BCUT2D eigenvalue weighted by molar-refractivity contribution is 0.0986. The Balaban J connectivity index is 1.65. The summed E-state index contributed by atoms with van der Waals surface area (Å²) in [6.07, 6.45) is 1.45. The first kappa shape index (κ1) is 24.9. The van der Waals surface area contributed by atoms with Gasteiger partial charge in [-0.25, -0.2) is 13.8 Å². The van der Waals surface area contributed by atoms with E-state index >= 15 is 0 Å². The number of rotatable bonds is 9. The molecule has 0 aliphatic rings. The molecule has 0 radical (unpaired) electrons. The molecule has 186 valence electrons. The number of amides is 2. The van der Waals surface area contributed by atoms with Crippen LogP contribution in [-0.2, 0) is 6.54 Å². The van der Waals surface area contributed by atoms with Crippen LogP contribution in [0.1, 0.15) is 44.9 Å². The summed E-state index contributed by atoms with van der Waals surface area (Å²) in [4.78, 5) is 28.2. The Kier molecular flexibility index (Phi) is 7.08. The number of aliphatic hydroxyl groups is 1. The van der Waals surface area contributed by atoms with E-state index in [9.17, 15) is 23.5 Å². The maximum Gasteiger partial charge on any atom is 0.266 e. The van der Waals surface area contributed by atoms with Crippen LogP contribution >= 0.6 is 11.3 Å². The van der Waals surface area contributed by atoms with Gasteiger partial charge >= 0.3 is 0 Å². The van der Waals surface area contributed by atoms with E-state index in [1.807, 2.05) is 0 Å². The number of hydrogen-bond acceptors (Lipinski definition) is 7. The Bertz CT molecular complexity index is 1430. The number of nitrogens with two attached hydrogens (primary N) is 2. The fourth-order valence-corrected chi connectivity index (χ4v) is 4.70. The minimum atomic E-state index is -0.821. The third kappa shape index (κ3) is 5.09. The van der Waals surface area contributed by atoms with Gasteiger partial charge in [0.25, 0.3) is 11.8 Å².